The van der Waals surface area contributed by atoms with Crippen LogP contribution in [0.1, 0.15) is 34.9 Å². The first-order chi connectivity index (χ1) is 14.5. The van der Waals surface area contributed by atoms with Crippen molar-refractivity contribution in [1.29, 1.82) is 5.26 Å². The van der Waals surface area contributed by atoms with Gasteiger partial charge in [-0.15, -0.1) is 0 Å². The zero-order valence-electron chi connectivity index (χ0n) is 15.9. The highest BCUT2D eigenvalue weighted by Crippen LogP contribution is 2.36. The summed E-state index contributed by atoms with van der Waals surface area (Å²) in [6.07, 6.45) is 2.74. The molecule has 30 heavy (non-hydrogen) atoms. The van der Waals surface area contributed by atoms with E-state index in [4.69, 9.17) is 11.0 Å². The second kappa shape index (κ2) is 6.81. The van der Waals surface area contributed by atoms with Gasteiger partial charge in [-0.25, -0.2) is 14.4 Å². The van der Waals surface area contributed by atoms with E-state index in [1.165, 1.54) is 23.3 Å². The molecule has 1 atom stereocenters. The molecule has 1 aliphatic rings. The molecule has 0 saturated carbocycles. The fourth-order valence-corrected chi connectivity index (χ4v) is 4.11. The van der Waals surface area contributed by atoms with E-state index in [1.807, 2.05) is 6.07 Å². The van der Waals surface area contributed by atoms with Crippen molar-refractivity contribution in [2.45, 2.75) is 25.2 Å². The lowest BCUT2D eigenvalue weighted by molar-refractivity contribution is 0.432. The molecule has 0 amide bonds. The van der Waals surface area contributed by atoms with Gasteiger partial charge in [0.25, 0.3) is 0 Å². The number of fused-ring (bicyclic) bond motifs is 2. The summed E-state index contributed by atoms with van der Waals surface area (Å²) in [5.74, 6) is -0.537. The van der Waals surface area contributed by atoms with Crippen LogP contribution in [0.2, 0.25) is 0 Å². The van der Waals surface area contributed by atoms with Gasteiger partial charge in [0.05, 0.1) is 10.9 Å². The van der Waals surface area contributed by atoms with Crippen molar-refractivity contribution >= 4 is 16.9 Å². The number of benzene rings is 2. The number of phenolic OH excluding ortho intramolecular Hbond substituents is 1. The van der Waals surface area contributed by atoms with Crippen molar-refractivity contribution in [2.75, 3.05) is 5.73 Å². The third-order valence-electron chi connectivity index (χ3n) is 5.62. The molecule has 0 saturated heterocycles. The summed E-state index contributed by atoms with van der Waals surface area (Å²) in [5, 5.41) is 26.5. The fourth-order valence-electron chi connectivity index (χ4n) is 4.11. The van der Waals surface area contributed by atoms with Gasteiger partial charge in [-0.1, -0.05) is 24.3 Å². The highest BCUT2D eigenvalue weighted by atomic mass is 19.1. The zero-order valence-corrected chi connectivity index (χ0v) is 15.9. The molecule has 148 valence electrons. The Kier molecular flexibility index (Phi) is 4.10. The number of nitrogens with zero attached hydrogens (tertiary/aromatic N) is 4. The van der Waals surface area contributed by atoms with Crippen LogP contribution >= 0.6 is 0 Å². The molecule has 0 spiro atoms. The van der Waals surface area contributed by atoms with Gasteiger partial charge in [0, 0.05) is 11.5 Å². The van der Waals surface area contributed by atoms with E-state index >= 15 is 0 Å². The van der Waals surface area contributed by atoms with E-state index in [0.29, 0.717) is 28.1 Å². The Balaban J connectivity index is 1.57. The van der Waals surface area contributed by atoms with Crippen molar-refractivity contribution in [3.8, 4) is 23.1 Å². The monoisotopic (exact) mass is 400 g/mol. The van der Waals surface area contributed by atoms with Crippen molar-refractivity contribution in [3.05, 3.63) is 64.7 Å². The van der Waals surface area contributed by atoms with E-state index in [9.17, 15) is 9.50 Å². The Bertz CT molecular complexity index is 1340. The molecule has 4 aromatic rings. The third-order valence-corrected chi connectivity index (χ3v) is 5.62. The number of rotatable bonds is 2. The van der Waals surface area contributed by atoms with Gasteiger partial charge in [-0.2, -0.15) is 10.4 Å². The Morgan fingerprint density at radius 3 is 2.80 bits per heavy atom. The van der Waals surface area contributed by atoms with Gasteiger partial charge in [0.15, 0.2) is 17.2 Å². The molecule has 2 heterocycles. The molecule has 0 radical (unpaired) electrons. The van der Waals surface area contributed by atoms with E-state index in [-0.39, 0.29) is 17.3 Å². The minimum Gasteiger partial charge on any atom is -0.505 e. The number of aromatic nitrogens is 4. The molecule has 2 aromatic carbocycles. The molecule has 0 bridgehead atoms. The average Bonchev–Trinajstić information content (AvgIpc) is 3.20. The number of anilines is 1. The van der Waals surface area contributed by atoms with Gasteiger partial charge >= 0.3 is 0 Å². The van der Waals surface area contributed by atoms with Crippen LogP contribution in [0.3, 0.4) is 0 Å². The second-order valence-electron chi connectivity index (χ2n) is 7.44. The summed E-state index contributed by atoms with van der Waals surface area (Å²) in [5.41, 5.74) is 9.82. The minimum atomic E-state index is -0.967. The highest BCUT2D eigenvalue weighted by molar-refractivity contribution is 5.98. The summed E-state index contributed by atoms with van der Waals surface area (Å²) in [6, 6.07) is 12.6. The number of halogens is 1. The first-order valence-electron chi connectivity index (χ1n) is 9.56. The predicted molar refractivity (Wildman–Crippen MR) is 109 cm³/mol. The first-order valence-corrected chi connectivity index (χ1v) is 9.56. The summed E-state index contributed by atoms with van der Waals surface area (Å²) >= 11 is 0. The van der Waals surface area contributed by atoms with Crippen molar-refractivity contribution in [2.24, 2.45) is 0 Å². The average molecular weight is 400 g/mol. The van der Waals surface area contributed by atoms with Crippen LogP contribution in [0.5, 0.6) is 5.75 Å². The molecule has 0 fully saturated rings. The van der Waals surface area contributed by atoms with E-state index in [1.54, 1.807) is 6.07 Å². The van der Waals surface area contributed by atoms with Gasteiger partial charge < -0.3 is 10.8 Å². The number of H-pyrrole nitrogens is 1. The number of aromatic hydroxyl groups is 1. The quantitative estimate of drug-likeness (QED) is 0.472. The van der Waals surface area contributed by atoms with E-state index in [0.717, 1.165) is 19.3 Å². The van der Waals surface area contributed by atoms with Crippen LogP contribution in [0, 0.1) is 17.1 Å². The zero-order chi connectivity index (χ0) is 20.8. The molecule has 5 rings (SSSR count). The Labute approximate surface area is 171 Å². The van der Waals surface area contributed by atoms with E-state index in [2.05, 4.69) is 38.4 Å². The van der Waals surface area contributed by atoms with Gasteiger partial charge in [0.1, 0.15) is 23.4 Å². The van der Waals surface area contributed by atoms with Gasteiger partial charge in [-0.05, 0) is 42.5 Å². The predicted octanol–water partition coefficient (Wildman–Crippen LogP) is 3.59. The van der Waals surface area contributed by atoms with Crippen LogP contribution in [-0.2, 0) is 12.8 Å². The van der Waals surface area contributed by atoms with Gasteiger partial charge in [-0.3, -0.25) is 5.10 Å². The Morgan fingerprint density at radius 2 is 2.00 bits per heavy atom. The SMILES string of the molecule is N#Cc1cc(-c2n[nH]c3nc(C4CCc5ccccc5C4)nc(N)c23)cc(O)c1F. The normalized spacial score (nSPS) is 15.7. The lowest BCUT2D eigenvalue weighted by Gasteiger charge is -2.23. The van der Waals surface area contributed by atoms with Crippen LogP contribution in [0.15, 0.2) is 36.4 Å². The number of hydrogen-bond donors (Lipinski definition) is 3. The fraction of sp³-hybridized carbons (Fsp3) is 0.182. The molecule has 8 heteroatoms. The van der Waals surface area contributed by atoms with Crippen LogP contribution in [-0.4, -0.2) is 25.3 Å². The summed E-state index contributed by atoms with van der Waals surface area (Å²) in [7, 11) is 0. The molecular weight excluding hydrogens is 383 g/mol. The molecule has 1 aliphatic carbocycles. The maximum absolute atomic E-state index is 13.8. The standard InChI is InChI=1S/C22H17FN6O/c23-18-15(10-24)8-14(9-16(18)30)19-17-20(25)26-21(27-22(17)29-28-19)13-6-5-11-3-1-2-4-12(11)7-13/h1-4,8-9,13,30H,5-7H2,(H3,25,26,27,28,29). The summed E-state index contributed by atoms with van der Waals surface area (Å²) in [4.78, 5) is 9.19. The molecule has 4 N–H and O–H groups in total. The second-order valence-corrected chi connectivity index (χ2v) is 7.44. The lowest BCUT2D eigenvalue weighted by Crippen LogP contribution is -2.16. The van der Waals surface area contributed by atoms with Crippen molar-refractivity contribution < 1.29 is 9.50 Å². The topological polar surface area (TPSA) is 124 Å². The smallest absolute Gasteiger partial charge is 0.182 e. The maximum atomic E-state index is 13.8. The van der Waals surface area contributed by atoms with Crippen LogP contribution in [0.25, 0.3) is 22.3 Å². The summed E-state index contributed by atoms with van der Waals surface area (Å²) in [6.45, 7) is 0. The number of phenols is 1. The molecule has 7 nitrogen and oxygen atoms in total. The number of nitriles is 1. The Morgan fingerprint density at radius 1 is 1.20 bits per heavy atom. The third kappa shape index (κ3) is 2.83. The number of nitrogens with one attached hydrogen (secondary N) is 1. The molecular formula is C22H17FN6O. The largest absolute Gasteiger partial charge is 0.505 e. The molecule has 0 aliphatic heterocycles. The molecule has 1 unspecified atom stereocenters. The number of nitrogens with two attached hydrogens (primary N) is 1. The summed E-state index contributed by atoms with van der Waals surface area (Å²) < 4.78 is 13.8. The van der Waals surface area contributed by atoms with Gasteiger partial charge in [0.2, 0.25) is 0 Å². The maximum Gasteiger partial charge on any atom is 0.182 e. The van der Waals surface area contributed by atoms with Crippen molar-refractivity contribution in [1.82, 2.24) is 20.2 Å². The number of aromatic amines is 1. The number of hydrogen-bond acceptors (Lipinski definition) is 6. The Hall–Kier alpha value is -3.99. The highest BCUT2D eigenvalue weighted by Gasteiger charge is 2.25. The van der Waals surface area contributed by atoms with Crippen LogP contribution < -0.4 is 5.73 Å². The lowest BCUT2D eigenvalue weighted by atomic mass is 9.83. The van der Waals surface area contributed by atoms with Crippen molar-refractivity contribution in [3.63, 3.8) is 0 Å². The van der Waals surface area contributed by atoms with E-state index < -0.39 is 11.6 Å². The first kappa shape index (κ1) is 18.1. The number of aryl methyl sites for hydroxylation is 1. The van der Waals surface area contributed by atoms with Crippen LogP contribution in [0.4, 0.5) is 10.2 Å². The number of nitrogen functional groups attached to an aromatic ring is 1. The molecule has 2 aromatic heterocycles. The minimum absolute atomic E-state index is 0.151.